The highest BCUT2D eigenvalue weighted by Crippen LogP contribution is 2.23. The Bertz CT molecular complexity index is 567. The largest absolute Gasteiger partial charge is 0.439 e. The van der Waals surface area contributed by atoms with Crippen LogP contribution in [0.2, 0.25) is 5.02 Å². The van der Waals surface area contributed by atoms with E-state index in [0.29, 0.717) is 6.04 Å². The summed E-state index contributed by atoms with van der Waals surface area (Å²) in [5.41, 5.74) is 1.00. The maximum atomic E-state index is 5.89. The highest BCUT2D eigenvalue weighted by molar-refractivity contribution is 6.30. The van der Waals surface area contributed by atoms with Crippen molar-refractivity contribution in [2.45, 2.75) is 19.5 Å². The van der Waals surface area contributed by atoms with Crippen LogP contribution in [-0.2, 0) is 6.54 Å². The van der Waals surface area contributed by atoms with Gasteiger partial charge in [-0.15, -0.1) is 0 Å². The van der Waals surface area contributed by atoms with E-state index in [9.17, 15) is 0 Å². The predicted octanol–water partition coefficient (Wildman–Crippen LogP) is 2.79. The Kier molecular flexibility index (Phi) is 4.05. The standard InChI is InChI=1S/C15H18ClN3O/c1-11-8-17-6-7-19(11)10-15-18-9-14(20-15)12-2-4-13(16)5-3-12/h2-5,9,11,17H,6-8,10H2,1H3/t11-/m0/s1. The SMILES string of the molecule is C[C@H]1CNCCN1Cc1ncc(-c2ccc(Cl)cc2)o1. The Balaban J connectivity index is 1.71. The quantitative estimate of drug-likeness (QED) is 0.944. The minimum Gasteiger partial charge on any atom is -0.439 e. The van der Waals surface area contributed by atoms with Gasteiger partial charge in [-0.25, -0.2) is 4.98 Å². The van der Waals surface area contributed by atoms with Crippen LogP contribution in [0, 0.1) is 0 Å². The number of aromatic nitrogens is 1. The van der Waals surface area contributed by atoms with Gasteiger partial charge in [-0.2, -0.15) is 0 Å². The summed E-state index contributed by atoms with van der Waals surface area (Å²) in [6.45, 7) is 6.05. The number of oxazole rings is 1. The van der Waals surface area contributed by atoms with Crippen molar-refractivity contribution >= 4 is 11.6 Å². The molecule has 0 radical (unpaired) electrons. The van der Waals surface area contributed by atoms with E-state index < -0.39 is 0 Å². The molecule has 2 aromatic rings. The molecule has 1 fully saturated rings. The van der Waals surface area contributed by atoms with Gasteiger partial charge in [0.2, 0.25) is 5.89 Å². The molecular formula is C15H18ClN3O. The number of rotatable bonds is 3. The molecular weight excluding hydrogens is 274 g/mol. The normalized spacial score (nSPS) is 20.2. The second kappa shape index (κ2) is 5.95. The topological polar surface area (TPSA) is 41.3 Å². The second-order valence-corrected chi connectivity index (χ2v) is 5.59. The zero-order valence-corrected chi connectivity index (χ0v) is 12.2. The maximum absolute atomic E-state index is 5.89. The summed E-state index contributed by atoms with van der Waals surface area (Å²) in [5.74, 6) is 1.56. The van der Waals surface area contributed by atoms with E-state index in [2.05, 4.69) is 22.1 Å². The molecule has 0 saturated carbocycles. The monoisotopic (exact) mass is 291 g/mol. The first-order valence-corrected chi connectivity index (χ1v) is 7.25. The van der Waals surface area contributed by atoms with Crippen molar-refractivity contribution in [2.24, 2.45) is 0 Å². The molecule has 1 atom stereocenters. The fourth-order valence-electron chi connectivity index (χ4n) is 2.42. The van der Waals surface area contributed by atoms with Crippen molar-refractivity contribution in [2.75, 3.05) is 19.6 Å². The number of benzene rings is 1. The van der Waals surface area contributed by atoms with Gasteiger partial charge >= 0.3 is 0 Å². The number of halogens is 1. The molecule has 1 aliphatic rings. The summed E-state index contributed by atoms with van der Waals surface area (Å²) in [6.07, 6.45) is 1.78. The molecule has 1 aliphatic heterocycles. The van der Waals surface area contributed by atoms with Gasteiger partial charge in [0.05, 0.1) is 12.7 Å². The van der Waals surface area contributed by atoms with Crippen molar-refractivity contribution in [1.29, 1.82) is 0 Å². The lowest BCUT2D eigenvalue weighted by Gasteiger charge is -2.32. The molecule has 1 saturated heterocycles. The fraction of sp³-hybridized carbons (Fsp3) is 0.400. The highest BCUT2D eigenvalue weighted by atomic mass is 35.5. The minimum absolute atomic E-state index is 0.509. The molecule has 2 heterocycles. The molecule has 5 heteroatoms. The summed E-state index contributed by atoms with van der Waals surface area (Å²) in [7, 11) is 0. The Hall–Kier alpha value is -1.36. The smallest absolute Gasteiger partial charge is 0.209 e. The third-order valence-electron chi connectivity index (χ3n) is 3.66. The summed E-state index contributed by atoms with van der Waals surface area (Å²) in [6, 6.07) is 8.12. The van der Waals surface area contributed by atoms with Crippen LogP contribution in [0.5, 0.6) is 0 Å². The van der Waals surface area contributed by atoms with E-state index in [1.807, 2.05) is 24.3 Å². The lowest BCUT2D eigenvalue weighted by Crippen LogP contribution is -2.49. The predicted molar refractivity (Wildman–Crippen MR) is 79.7 cm³/mol. The summed E-state index contributed by atoms with van der Waals surface area (Å²) < 4.78 is 5.84. The molecule has 0 spiro atoms. The molecule has 0 aliphatic carbocycles. The third-order valence-corrected chi connectivity index (χ3v) is 3.91. The second-order valence-electron chi connectivity index (χ2n) is 5.15. The Labute approximate surface area is 123 Å². The molecule has 0 bridgehead atoms. The van der Waals surface area contributed by atoms with Gasteiger partial charge in [0.1, 0.15) is 0 Å². The van der Waals surface area contributed by atoms with Crippen molar-refractivity contribution in [1.82, 2.24) is 15.2 Å². The number of hydrogen-bond acceptors (Lipinski definition) is 4. The van der Waals surface area contributed by atoms with Crippen LogP contribution in [0.4, 0.5) is 0 Å². The molecule has 106 valence electrons. The van der Waals surface area contributed by atoms with Gasteiger partial charge in [-0.05, 0) is 31.2 Å². The molecule has 20 heavy (non-hydrogen) atoms. The van der Waals surface area contributed by atoms with E-state index in [1.54, 1.807) is 6.20 Å². The van der Waals surface area contributed by atoms with Crippen LogP contribution in [-0.4, -0.2) is 35.6 Å². The lowest BCUT2D eigenvalue weighted by molar-refractivity contribution is 0.151. The first kappa shape index (κ1) is 13.6. The van der Waals surface area contributed by atoms with E-state index in [4.69, 9.17) is 16.0 Å². The average molecular weight is 292 g/mol. The van der Waals surface area contributed by atoms with E-state index in [-0.39, 0.29) is 0 Å². The van der Waals surface area contributed by atoms with Gasteiger partial charge in [0, 0.05) is 36.3 Å². The van der Waals surface area contributed by atoms with Gasteiger partial charge < -0.3 is 9.73 Å². The highest BCUT2D eigenvalue weighted by Gasteiger charge is 2.19. The van der Waals surface area contributed by atoms with Crippen molar-refractivity contribution in [3.63, 3.8) is 0 Å². The van der Waals surface area contributed by atoms with Gasteiger partial charge in [0.15, 0.2) is 5.76 Å². The molecule has 0 amide bonds. The number of piperazine rings is 1. The van der Waals surface area contributed by atoms with E-state index >= 15 is 0 Å². The molecule has 3 rings (SSSR count). The van der Waals surface area contributed by atoms with Gasteiger partial charge in [-0.3, -0.25) is 4.90 Å². The van der Waals surface area contributed by atoms with Crippen molar-refractivity contribution < 1.29 is 4.42 Å². The summed E-state index contributed by atoms with van der Waals surface area (Å²) >= 11 is 5.89. The zero-order chi connectivity index (χ0) is 13.9. The summed E-state index contributed by atoms with van der Waals surface area (Å²) in [5, 5.41) is 4.11. The molecule has 1 aromatic heterocycles. The van der Waals surface area contributed by atoms with Crippen molar-refractivity contribution in [3.8, 4) is 11.3 Å². The first-order chi connectivity index (χ1) is 9.72. The van der Waals surface area contributed by atoms with Crippen LogP contribution >= 0.6 is 11.6 Å². The summed E-state index contributed by atoms with van der Waals surface area (Å²) in [4.78, 5) is 6.76. The zero-order valence-electron chi connectivity index (χ0n) is 11.5. The fourth-order valence-corrected chi connectivity index (χ4v) is 2.55. The number of nitrogens with one attached hydrogen (secondary N) is 1. The van der Waals surface area contributed by atoms with E-state index in [1.165, 1.54) is 0 Å². The molecule has 1 N–H and O–H groups in total. The van der Waals surface area contributed by atoms with Crippen molar-refractivity contribution in [3.05, 3.63) is 41.4 Å². The molecule has 4 nitrogen and oxygen atoms in total. The number of hydrogen-bond donors (Lipinski definition) is 1. The van der Waals surface area contributed by atoms with Crippen LogP contribution in [0.3, 0.4) is 0 Å². The Morgan fingerprint density at radius 1 is 1.40 bits per heavy atom. The van der Waals surface area contributed by atoms with Crippen LogP contribution in [0.1, 0.15) is 12.8 Å². The minimum atomic E-state index is 0.509. The maximum Gasteiger partial charge on any atom is 0.209 e. The Morgan fingerprint density at radius 3 is 2.95 bits per heavy atom. The molecule has 1 aromatic carbocycles. The van der Waals surface area contributed by atoms with Gasteiger partial charge in [0.25, 0.3) is 0 Å². The first-order valence-electron chi connectivity index (χ1n) is 6.88. The van der Waals surface area contributed by atoms with Crippen LogP contribution in [0.15, 0.2) is 34.9 Å². The van der Waals surface area contributed by atoms with Crippen LogP contribution < -0.4 is 5.32 Å². The lowest BCUT2D eigenvalue weighted by atomic mass is 10.2. The van der Waals surface area contributed by atoms with Crippen LogP contribution in [0.25, 0.3) is 11.3 Å². The molecule has 0 unspecified atom stereocenters. The number of nitrogens with zero attached hydrogens (tertiary/aromatic N) is 2. The Morgan fingerprint density at radius 2 is 2.20 bits per heavy atom. The van der Waals surface area contributed by atoms with E-state index in [0.717, 1.165) is 48.4 Å². The van der Waals surface area contributed by atoms with Gasteiger partial charge in [-0.1, -0.05) is 11.6 Å². The third kappa shape index (κ3) is 3.03. The average Bonchev–Trinajstić information content (AvgIpc) is 2.91.